The van der Waals surface area contributed by atoms with Crippen LogP contribution in [0.1, 0.15) is 41.6 Å². The zero-order valence-electron chi connectivity index (χ0n) is 12.4. The Labute approximate surface area is 120 Å². The monoisotopic (exact) mass is 271 g/mol. The first-order chi connectivity index (χ1) is 9.63. The number of nitrogens with one attached hydrogen (secondary N) is 1. The SMILES string of the molecule is CCCNC(c1ccc(C)c(F)c1)c1ccccc1C. The Balaban J connectivity index is 2.41. The second kappa shape index (κ2) is 6.67. The van der Waals surface area contributed by atoms with Crippen molar-refractivity contribution in [2.24, 2.45) is 0 Å². The van der Waals surface area contributed by atoms with E-state index in [2.05, 4.69) is 31.3 Å². The molecule has 1 atom stereocenters. The van der Waals surface area contributed by atoms with Crippen LogP contribution in [-0.4, -0.2) is 6.54 Å². The third kappa shape index (κ3) is 3.26. The Morgan fingerprint density at radius 1 is 1.05 bits per heavy atom. The molecule has 0 amide bonds. The highest BCUT2D eigenvalue weighted by atomic mass is 19.1. The highest BCUT2D eigenvalue weighted by Crippen LogP contribution is 2.26. The maximum absolute atomic E-state index is 13.9. The Morgan fingerprint density at radius 2 is 1.80 bits per heavy atom. The van der Waals surface area contributed by atoms with Crippen molar-refractivity contribution in [2.45, 2.75) is 33.2 Å². The van der Waals surface area contributed by atoms with Crippen LogP contribution in [0.25, 0.3) is 0 Å². The molecule has 0 radical (unpaired) electrons. The summed E-state index contributed by atoms with van der Waals surface area (Å²) < 4.78 is 13.9. The number of hydrogen-bond donors (Lipinski definition) is 1. The van der Waals surface area contributed by atoms with Gasteiger partial charge < -0.3 is 5.32 Å². The molecule has 2 rings (SSSR count). The van der Waals surface area contributed by atoms with Crippen molar-refractivity contribution in [2.75, 3.05) is 6.54 Å². The van der Waals surface area contributed by atoms with Gasteiger partial charge in [0.2, 0.25) is 0 Å². The largest absolute Gasteiger partial charge is 0.306 e. The summed E-state index contributed by atoms with van der Waals surface area (Å²) in [4.78, 5) is 0. The van der Waals surface area contributed by atoms with E-state index in [9.17, 15) is 4.39 Å². The molecule has 2 heteroatoms. The van der Waals surface area contributed by atoms with Crippen LogP contribution in [-0.2, 0) is 0 Å². The summed E-state index contributed by atoms with van der Waals surface area (Å²) >= 11 is 0. The molecule has 0 aliphatic rings. The summed E-state index contributed by atoms with van der Waals surface area (Å²) in [5, 5.41) is 3.52. The van der Waals surface area contributed by atoms with Crippen LogP contribution >= 0.6 is 0 Å². The lowest BCUT2D eigenvalue weighted by atomic mass is 9.94. The van der Waals surface area contributed by atoms with Gasteiger partial charge >= 0.3 is 0 Å². The average molecular weight is 271 g/mol. The van der Waals surface area contributed by atoms with Crippen LogP contribution in [0.15, 0.2) is 42.5 Å². The Kier molecular flexibility index (Phi) is 4.91. The van der Waals surface area contributed by atoms with Gasteiger partial charge in [-0.1, -0.05) is 43.3 Å². The highest BCUT2D eigenvalue weighted by molar-refractivity contribution is 5.38. The fourth-order valence-corrected chi connectivity index (χ4v) is 2.40. The van der Waals surface area contributed by atoms with E-state index in [0.717, 1.165) is 18.5 Å². The number of aryl methyl sites for hydroxylation is 2. The lowest BCUT2D eigenvalue weighted by molar-refractivity contribution is 0.581. The first kappa shape index (κ1) is 14.7. The summed E-state index contributed by atoms with van der Waals surface area (Å²) in [5.41, 5.74) is 4.11. The van der Waals surface area contributed by atoms with Crippen molar-refractivity contribution in [1.82, 2.24) is 5.32 Å². The first-order valence-electron chi connectivity index (χ1n) is 7.18. The van der Waals surface area contributed by atoms with Crippen molar-refractivity contribution in [1.29, 1.82) is 0 Å². The van der Waals surface area contributed by atoms with E-state index in [0.29, 0.717) is 5.56 Å². The molecule has 0 fully saturated rings. The van der Waals surface area contributed by atoms with Crippen molar-refractivity contribution >= 4 is 0 Å². The molecule has 1 N–H and O–H groups in total. The zero-order valence-corrected chi connectivity index (χ0v) is 12.4. The molecular weight excluding hydrogens is 249 g/mol. The van der Waals surface area contributed by atoms with Crippen LogP contribution < -0.4 is 5.32 Å². The third-order valence-electron chi connectivity index (χ3n) is 3.63. The molecule has 0 aromatic heterocycles. The molecule has 0 aliphatic carbocycles. The highest BCUT2D eigenvalue weighted by Gasteiger charge is 2.16. The van der Waals surface area contributed by atoms with E-state index in [1.807, 2.05) is 24.3 Å². The van der Waals surface area contributed by atoms with Crippen molar-refractivity contribution in [3.05, 3.63) is 70.5 Å². The van der Waals surface area contributed by atoms with Crippen LogP contribution in [0.2, 0.25) is 0 Å². The van der Waals surface area contributed by atoms with Crippen LogP contribution in [0, 0.1) is 19.7 Å². The van der Waals surface area contributed by atoms with Crippen LogP contribution in [0.3, 0.4) is 0 Å². The predicted molar refractivity (Wildman–Crippen MR) is 82.5 cm³/mol. The molecule has 0 aliphatic heterocycles. The second-order valence-electron chi connectivity index (χ2n) is 5.25. The van der Waals surface area contributed by atoms with Gasteiger partial charge in [0.05, 0.1) is 6.04 Å². The molecule has 0 saturated heterocycles. The Bertz CT molecular complexity index is 577. The van der Waals surface area contributed by atoms with E-state index < -0.39 is 0 Å². The molecule has 0 saturated carbocycles. The van der Waals surface area contributed by atoms with Crippen molar-refractivity contribution < 1.29 is 4.39 Å². The molecule has 20 heavy (non-hydrogen) atoms. The summed E-state index contributed by atoms with van der Waals surface area (Å²) in [5.74, 6) is -0.139. The molecule has 0 bridgehead atoms. The van der Waals surface area contributed by atoms with Gasteiger partial charge in [0, 0.05) is 0 Å². The Morgan fingerprint density at radius 3 is 2.45 bits per heavy atom. The minimum atomic E-state index is -0.139. The van der Waals surface area contributed by atoms with Gasteiger partial charge in [-0.15, -0.1) is 0 Å². The number of rotatable bonds is 5. The smallest absolute Gasteiger partial charge is 0.126 e. The van der Waals surface area contributed by atoms with Gasteiger partial charge in [0.1, 0.15) is 5.82 Å². The minimum absolute atomic E-state index is 0.0475. The second-order valence-corrected chi connectivity index (χ2v) is 5.25. The van der Waals surface area contributed by atoms with Gasteiger partial charge in [-0.3, -0.25) is 0 Å². The van der Waals surface area contributed by atoms with Crippen molar-refractivity contribution in [3.63, 3.8) is 0 Å². The van der Waals surface area contributed by atoms with Gasteiger partial charge in [-0.25, -0.2) is 4.39 Å². The fraction of sp³-hybridized carbons (Fsp3) is 0.333. The van der Waals surface area contributed by atoms with Gasteiger partial charge in [-0.05, 0) is 55.1 Å². The third-order valence-corrected chi connectivity index (χ3v) is 3.63. The Hall–Kier alpha value is -1.67. The first-order valence-corrected chi connectivity index (χ1v) is 7.18. The lowest BCUT2D eigenvalue weighted by Crippen LogP contribution is -2.24. The predicted octanol–water partition coefficient (Wildman–Crippen LogP) is 4.53. The van der Waals surface area contributed by atoms with E-state index in [1.165, 1.54) is 11.1 Å². The standard InChI is InChI=1S/C18H22FN/c1-4-11-20-18(16-8-6-5-7-13(16)2)15-10-9-14(3)17(19)12-15/h5-10,12,18,20H,4,11H2,1-3H3. The number of halogens is 1. The minimum Gasteiger partial charge on any atom is -0.306 e. The molecule has 106 valence electrons. The normalized spacial score (nSPS) is 12.4. The maximum Gasteiger partial charge on any atom is 0.126 e. The molecule has 2 aromatic carbocycles. The molecule has 2 aromatic rings. The fourth-order valence-electron chi connectivity index (χ4n) is 2.40. The van der Waals surface area contributed by atoms with Crippen LogP contribution in [0.4, 0.5) is 4.39 Å². The van der Waals surface area contributed by atoms with E-state index >= 15 is 0 Å². The summed E-state index contributed by atoms with van der Waals surface area (Å²) in [6.07, 6.45) is 1.05. The molecule has 0 heterocycles. The van der Waals surface area contributed by atoms with E-state index in [4.69, 9.17) is 0 Å². The van der Waals surface area contributed by atoms with E-state index in [-0.39, 0.29) is 11.9 Å². The molecular formula is C18H22FN. The van der Waals surface area contributed by atoms with Crippen LogP contribution in [0.5, 0.6) is 0 Å². The van der Waals surface area contributed by atoms with E-state index in [1.54, 1.807) is 13.0 Å². The molecule has 0 spiro atoms. The topological polar surface area (TPSA) is 12.0 Å². The maximum atomic E-state index is 13.9. The average Bonchev–Trinajstić information content (AvgIpc) is 2.44. The number of benzene rings is 2. The molecule has 1 nitrogen and oxygen atoms in total. The van der Waals surface area contributed by atoms with Gasteiger partial charge in [-0.2, -0.15) is 0 Å². The van der Waals surface area contributed by atoms with Gasteiger partial charge in [0.25, 0.3) is 0 Å². The lowest BCUT2D eigenvalue weighted by Gasteiger charge is -2.22. The zero-order chi connectivity index (χ0) is 14.5. The quantitative estimate of drug-likeness (QED) is 0.842. The van der Waals surface area contributed by atoms with Crippen molar-refractivity contribution in [3.8, 4) is 0 Å². The summed E-state index contributed by atoms with van der Waals surface area (Å²) in [7, 11) is 0. The summed E-state index contributed by atoms with van der Waals surface area (Å²) in [6.45, 7) is 6.94. The molecule has 1 unspecified atom stereocenters. The summed E-state index contributed by atoms with van der Waals surface area (Å²) in [6, 6.07) is 13.8. The number of hydrogen-bond acceptors (Lipinski definition) is 1. The van der Waals surface area contributed by atoms with Gasteiger partial charge in [0.15, 0.2) is 0 Å².